The molecule has 2 aliphatic rings. The summed E-state index contributed by atoms with van der Waals surface area (Å²) >= 11 is 0. The lowest BCUT2D eigenvalue weighted by molar-refractivity contribution is -0.142. The fraction of sp³-hybridized carbons (Fsp3) is 0.684. The number of hydrogen-bond acceptors (Lipinski definition) is 4. The van der Waals surface area contributed by atoms with Crippen LogP contribution in [0.25, 0.3) is 5.65 Å². The Hall–Kier alpha value is -1.67. The second-order valence-corrected chi connectivity index (χ2v) is 7.94. The zero-order chi connectivity index (χ0) is 19.2. The summed E-state index contributed by atoms with van der Waals surface area (Å²) in [5.74, 6) is 0.416. The molecule has 0 aromatic carbocycles. The van der Waals surface area contributed by atoms with Crippen LogP contribution in [-0.2, 0) is 10.9 Å². The Bertz CT molecular complexity index is 811. The Morgan fingerprint density at radius 1 is 1.26 bits per heavy atom. The smallest absolute Gasteiger partial charge is 0.381 e. The maximum absolute atomic E-state index is 13.6. The van der Waals surface area contributed by atoms with E-state index < -0.39 is 11.9 Å². The van der Waals surface area contributed by atoms with E-state index >= 15 is 0 Å². The zero-order valence-corrected chi connectivity index (χ0v) is 15.7. The molecule has 2 aromatic rings. The van der Waals surface area contributed by atoms with Crippen molar-refractivity contribution in [3.63, 3.8) is 0 Å². The van der Waals surface area contributed by atoms with Crippen molar-refractivity contribution in [2.45, 2.75) is 51.2 Å². The molecule has 148 valence electrons. The van der Waals surface area contributed by atoms with Crippen LogP contribution in [0.4, 0.5) is 13.2 Å². The van der Waals surface area contributed by atoms with Crippen LogP contribution in [0.5, 0.6) is 0 Å². The highest BCUT2D eigenvalue weighted by atomic mass is 19.4. The summed E-state index contributed by atoms with van der Waals surface area (Å²) in [7, 11) is 0. The van der Waals surface area contributed by atoms with E-state index in [-0.39, 0.29) is 17.6 Å². The van der Waals surface area contributed by atoms with Crippen molar-refractivity contribution in [2.75, 3.05) is 26.3 Å². The van der Waals surface area contributed by atoms with Gasteiger partial charge in [0.2, 0.25) is 0 Å². The molecule has 0 unspecified atom stereocenters. The van der Waals surface area contributed by atoms with Crippen LogP contribution in [0.3, 0.4) is 0 Å². The van der Waals surface area contributed by atoms with E-state index in [2.05, 4.69) is 15.0 Å². The number of hydrogen-bond donors (Lipinski definition) is 0. The first-order valence-electron chi connectivity index (χ1n) is 9.62. The van der Waals surface area contributed by atoms with Crippen molar-refractivity contribution < 1.29 is 17.9 Å². The number of rotatable bonds is 4. The molecule has 0 amide bonds. The molecule has 0 aliphatic carbocycles. The lowest BCUT2D eigenvalue weighted by Crippen LogP contribution is -2.29. The summed E-state index contributed by atoms with van der Waals surface area (Å²) in [6.45, 7) is 7.12. The van der Waals surface area contributed by atoms with Gasteiger partial charge >= 0.3 is 6.18 Å². The lowest BCUT2D eigenvalue weighted by Gasteiger charge is -2.25. The predicted octanol–water partition coefficient (Wildman–Crippen LogP) is 4.04. The number of alkyl halides is 3. The van der Waals surface area contributed by atoms with Crippen LogP contribution in [0.15, 0.2) is 12.1 Å². The van der Waals surface area contributed by atoms with Crippen molar-refractivity contribution in [2.24, 2.45) is 5.92 Å². The first kappa shape index (κ1) is 18.7. The quantitative estimate of drug-likeness (QED) is 0.800. The van der Waals surface area contributed by atoms with E-state index in [0.717, 1.165) is 56.1 Å². The van der Waals surface area contributed by atoms with Gasteiger partial charge in [-0.1, -0.05) is 13.8 Å². The fourth-order valence-corrected chi connectivity index (χ4v) is 4.11. The molecule has 2 atom stereocenters. The second-order valence-electron chi connectivity index (χ2n) is 7.94. The molecule has 27 heavy (non-hydrogen) atoms. The van der Waals surface area contributed by atoms with Gasteiger partial charge in [0.05, 0.1) is 18.3 Å². The largest absolute Gasteiger partial charge is 0.433 e. The van der Waals surface area contributed by atoms with Crippen LogP contribution in [0.1, 0.15) is 62.2 Å². The van der Waals surface area contributed by atoms with Crippen LogP contribution in [0.2, 0.25) is 0 Å². The highest BCUT2D eigenvalue weighted by Crippen LogP contribution is 2.35. The summed E-state index contributed by atoms with van der Waals surface area (Å²) in [6, 6.07) is 2.90. The van der Waals surface area contributed by atoms with Crippen LogP contribution in [0, 0.1) is 5.92 Å². The van der Waals surface area contributed by atoms with Gasteiger partial charge in [-0.25, -0.2) is 9.50 Å². The topological polar surface area (TPSA) is 42.7 Å². The number of fused-ring (bicyclic) bond motifs is 1. The molecule has 0 radical (unpaired) electrons. The van der Waals surface area contributed by atoms with Crippen LogP contribution < -0.4 is 0 Å². The standard InChI is InChI=1S/C19H25F3N4O/c1-12(2)14-8-17(19(20,21)22)26-18(23-14)9-15(24-26)16-4-3-6-25(16)10-13-5-7-27-11-13/h8-9,12-13,16H,3-7,10-11H2,1-2H3/t13-,16+/m1/s1. The average molecular weight is 382 g/mol. The van der Waals surface area contributed by atoms with E-state index in [4.69, 9.17) is 4.74 Å². The predicted molar refractivity (Wildman–Crippen MR) is 94.6 cm³/mol. The Balaban J connectivity index is 1.69. The molecular weight excluding hydrogens is 357 g/mol. The van der Waals surface area contributed by atoms with Gasteiger partial charge in [-0.05, 0) is 43.7 Å². The molecule has 0 N–H and O–H groups in total. The highest BCUT2D eigenvalue weighted by Gasteiger charge is 2.37. The normalized spacial score (nSPS) is 24.5. The molecule has 2 saturated heterocycles. The van der Waals surface area contributed by atoms with Crippen molar-refractivity contribution in [3.8, 4) is 0 Å². The molecule has 2 aliphatic heterocycles. The minimum absolute atomic E-state index is 0.0517. The lowest BCUT2D eigenvalue weighted by atomic mass is 10.1. The summed E-state index contributed by atoms with van der Waals surface area (Å²) < 4.78 is 47.2. The van der Waals surface area contributed by atoms with Crippen molar-refractivity contribution in [1.29, 1.82) is 0 Å². The molecule has 5 nitrogen and oxygen atoms in total. The Morgan fingerprint density at radius 2 is 2.07 bits per heavy atom. The summed E-state index contributed by atoms with van der Waals surface area (Å²) in [6.07, 6.45) is -1.48. The Labute approximate surface area is 156 Å². The number of likely N-dealkylation sites (tertiary alicyclic amines) is 1. The minimum atomic E-state index is -4.47. The van der Waals surface area contributed by atoms with E-state index in [1.807, 2.05) is 13.8 Å². The molecule has 0 spiro atoms. The van der Waals surface area contributed by atoms with Crippen LogP contribution in [-0.4, -0.2) is 45.8 Å². The first-order valence-corrected chi connectivity index (χ1v) is 9.62. The van der Waals surface area contributed by atoms with Gasteiger partial charge in [0, 0.05) is 24.9 Å². The van der Waals surface area contributed by atoms with E-state index in [0.29, 0.717) is 17.3 Å². The summed E-state index contributed by atoms with van der Waals surface area (Å²) in [5, 5.41) is 4.35. The van der Waals surface area contributed by atoms with Crippen LogP contribution >= 0.6 is 0 Å². The fourth-order valence-electron chi connectivity index (χ4n) is 4.11. The van der Waals surface area contributed by atoms with Crippen molar-refractivity contribution >= 4 is 5.65 Å². The molecule has 2 fully saturated rings. The molecule has 4 rings (SSSR count). The molecule has 0 saturated carbocycles. The third-order valence-electron chi connectivity index (χ3n) is 5.57. The molecular formula is C19H25F3N4O. The third-order valence-corrected chi connectivity index (χ3v) is 5.57. The Morgan fingerprint density at radius 3 is 2.74 bits per heavy atom. The minimum Gasteiger partial charge on any atom is -0.381 e. The Kier molecular flexibility index (Phi) is 4.88. The molecule has 2 aromatic heterocycles. The number of halogens is 3. The van der Waals surface area contributed by atoms with Gasteiger partial charge in [-0.3, -0.25) is 4.90 Å². The molecule has 8 heteroatoms. The monoisotopic (exact) mass is 382 g/mol. The maximum atomic E-state index is 13.6. The van der Waals surface area contributed by atoms with Crippen molar-refractivity contribution in [3.05, 3.63) is 29.2 Å². The van der Waals surface area contributed by atoms with Crippen molar-refractivity contribution in [1.82, 2.24) is 19.5 Å². The van der Waals surface area contributed by atoms with E-state index in [1.54, 1.807) is 6.07 Å². The average Bonchev–Trinajstić information content (AvgIpc) is 3.33. The number of ether oxygens (including phenoxy) is 1. The third kappa shape index (κ3) is 3.69. The first-order chi connectivity index (χ1) is 12.8. The molecule has 4 heterocycles. The highest BCUT2D eigenvalue weighted by molar-refractivity contribution is 5.44. The number of aromatic nitrogens is 3. The van der Waals surface area contributed by atoms with Gasteiger partial charge in [0.1, 0.15) is 5.69 Å². The van der Waals surface area contributed by atoms with Gasteiger partial charge in [-0.2, -0.15) is 18.3 Å². The van der Waals surface area contributed by atoms with E-state index in [1.165, 1.54) is 0 Å². The zero-order valence-electron chi connectivity index (χ0n) is 15.7. The second kappa shape index (κ2) is 7.05. The summed E-state index contributed by atoms with van der Waals surface area (Å²) in [4.78, 5) is 6.78. The SMILES string of the molecule is CC(C)c1cc(C(F)(F)F)n2nc([C@@H]3CCCN3C[C@H]3CCOC3)cc2n1. The van der Waals surface area contributed by atoms with E-state index in [9.17, 15) is 13.2 Å². The summed E-state index contributed by atoms with van der Waals surface area (Å²) in [5.41, 5.74) is 0.647. The van der Waals surface area contributed by atoms with Gasteiger partial charge in [0.25, 0.3) is 0 Å². The number of nitrogens with zero attached hydrogens (tertiary/aromatic N) is 4. The van der Waals surface area contributed by atoms with Gasteiger partial charge < -0.3 is 4.74 Å². The van der Waals surface area contributed by atoms with Gasteiger partial charge in [0.15, 0.2) is 5.65 Å². The maximum Gasteiger partial charge on any atom is 0.433 e. The van der Waals surface area contributed by atoms with Gasteiger partial charge in [-0.15, -0.1) is 0 Å². The molecule has 0 bridgehead atoms.